The first kappa shape index (κ1) is 20.2. The lowest BCUT2D eigenvalue weighted by atomic mass is 10.2. The predicted molar refractivity (Wildman–Crippen MR) is 102 cm³/mol. The highest BCUT2D eigenvalue weighted by Gasteiger charge is 2.26. The molecule has 0 atom stereocenters. The van der Waals surface area contributed by atoms with Gasteiger partial charge >= 0.3 is 0 Å². The van der Waals surface area contributed by atoms with Crippen LogP contribution in [0.25, 0.3) is 0 Å². The molecule has 1 aliphatic heterocycles. The van der Waals surface area contributed by atoms with Gasteiger partial charge in [0.25, 0.3) is 0 Å². The molecular weight excluding hydrogens is 360 g/mol. The highest BCUT2D eigenvalue weighted by molar-refractivity contribution is 7.99. The molecule has 0 aromatic heterocycles. The van der Waals surface area contributed by atoms with Crippen LogP contribution >= 0.6 is 11.8 Å². The molecule has 0 unspecified atom stereocenters. The predicted octanol–water partition coefficient (Wildman–Crippen LogP) is 2.49. The van der Waals surface area contributed by atoms with E-state index in [1.165, 1.54) is 4.31 Å². The number of carbonyl (C=O) groups is 1. The van der Waals surface area contributed by atoms with Gasteiger partial charge in [-0.15, -0.1) is 0 Å². The molecule has 140 valence electrons. The van der Waals surface area contributed by atoms with Gasteiger partial charge < -0.3 is 10.1 Å². The van der Waals surface area contributed by atoms with Crippen molar-refractivity contribution in [1.82, 2.24) is 4.31 Å². The minimum atomic E-state index is -3.56. The number of morpholine rings is 1. The number of carbonyl (C=O) groups excluding carboxylic acids is 1. The highest BCUT2D eigenvalue weighted by atomic mass is 32.2. The van der Waals surface area contributed by atoms with Crippen LogP contribution in [0.15, 0.2) is 23.1 Å². The van der Waals surface area contributed by atoms with Crippen molar-refractivity contribution < 1.29 is 17.9 Å². The van der Waals surface area contributed by atoms with Crippen LogP contribution in [0.1, 0.15) is 25.3 Å². The van der Waals surface area contributed by atoms with Crippen LogP contribution in [-0.4, -0.2) is 56.4 Å². The number of hydrogen-bond donors (Lipinski definition) is 1. The summed E-state index contributed by atoms with van der Waals surface area (Å²) >= 11 is 1.59. The lowest BCUT2D eigenvalue weighted by Gasteiger charge is -2.26. The fraction of sp³-hybridized carbons (Fsp3) is 0.588. The first-order valence-electron chi connectivity index (χ1n) is 8.51. The smallest absolute Gasteiger partial charge is 0.243 e. The van der Waals surface area contributed by atoms with E-state index >= 15 is 0 Å². The average molecular weight is 387 g/mol. The second-order valence-corrected chi connectivity index (χ2v) is 8.99. The molecule has 1 aliphatic rings. The second kappa shape index (κ2) is 9.56. The van der Waals surface area contributed by atoms with E-state index < -0.39 is 10.0 Å². The number of rotatable bonds is 8. The molecule has 1 aromatic rings. The lowest BCUT2D eigenvalue weighted by molar-refractivity contribution is -0.113. The van der Waals surface area contributed by atoms with Gasteiger partial charge in [-0.1, -0.05) is 19.4 Å². The number of thioether (sulfide) groups is 1. The summed E-state index contributed by atoms with van der Waals surface area (Å²) in [6, 6.07) is 4.87. The molecule has 0 radical (unpaired) electrons. The monoisotopic (exact) mass is 386 g/mol. The first-order valence-corrected chi connectivity index (χ1v) is 11.1. The van der Waals surface area contributed by atoms with E-state index in [0.717, 1.165) is 24.2 Å². The van der Waals surface area contributed by atoms with Crippen molar-refractivity contribution in [3.05, 3.63) is 23.8 Å². The fourth-order valence-corrected chi connectivity index (χ4v) is 4.76. The van der Waals surface area contributed by atoms with E-state index in [1.807, 2.05) is 6.92 Å². The molecule has 2 rings (SSSR count). The minimum absolute atomic E-state index is 0.106. The van der Waals surface area contributed by atoms with E-state index in [1.54, 1.807) is 30.0 Å². The summed E-state index contributed by atoms with van der Waals surface area (Å²) in [4.78, 5) is 12.3. The van der Waals surface area contributed by atoms with Gasteiger partial charge in [0.1, 0.15) is 0 Å². The number of sulfonamides is 1. The van der Waals surface area contributed by atoms with Crippen LogP contribution in [0.3, 0.4) is 0 Å². The molecule has 1 saturated heterocycles. The molecule has 6 nitrogen and oxygen atoms in total. The largest absolute Gasteiger partial charge is 0.379 e. The van der Waals surface area contributed by atoms with Crippen LogP contribution in [0.2, 0.25) is 0 Å². The van der Waals surface area contributed by atoms with Gasteiger partial charge in [0.2, 0.25) is 15.9 Å². The number of benzene rings is 1. The fourth-order valence-electron chi connectivity index (χ4n) is 2.43. The van der Waals surface area contributed by atoms with Crippen molar-refractivity contribution in [1.29, 1.82) is 0 Å². The normalized spacial score (nSPS) is 15.9. The van der Waals surface area contributed by atoms with E-state index in [2.05, 4.69) is 12.2 Å². The number of unbranched alkanes of at least 4 members (excludes halogenated alkanes) is 1. The van der Waals surface area contributed by atoms with Gasteiger partial charge in [-0.05, 0) is 36.8 Å². The maximum Gasteiger partial charge on any atom is 0.243 e. The molecule has 25 heavy (non-hydrogen) atoms. The molecule has 1 aromatic carbocycles. The van der Waals surface area contributed by atoms with Crippen molar-refractivity contribution >= 4 is 33.4 Å². The minimum Gasteiger partial charge on any atom is -0.379 e. The topological polar surface area (TPSA) is 75.7 Å². The standard InChI is InChI=1S/C17H26N2O4S2/c1-3-4-11-24-13-17(20)18-16-12-15(6-5-14(16)2)25(21,22)19-7-9-23-10-8-19/h5-6,12H,3-4,7-11,13H2,1-2H3,(H,18,20). The molecule has 1 heterocycles. The zero-order chi connectivity index (χ0) is 18.3. The van der Waals surface area contributed by atoms with Gasteiger partial charge in [0.05, 0.1) is 23.9 Å². The Morgan fingerprint density at radius 3 is 2.72 bits per heavy atom. The maximum absolute atomic E-state index is 12.7. The third-order valence-electron chi connectivity index (χ3n) is 3.97. The van der Waals surface area contributed by atoms with Gasteiger partial charge in [-0.25, -0.2) is 8.42 Å². The summed E-state index contributed by atoms with van der Waals surface area (Å²) in [6.45, 7) is 5.49. The Morgan fingerprint density at radius 2 is 2.04 bits per heavy atom. The molecule has 1 amide bonds. The number of anilines is 1. The Hall–Kier alpha value is -1.09. The molecule has 1 N–H and O–H groups in total. The van der Waals surface area contributed by atoms with Gasteiger partial charge in [-0.2, -0.15) is 16.1 Å². The number of hydrogen-bond acceptors (Lipinski definition) is 5. The molecule has 0 spiro atoms. The van der Waals surface area contributed by atoms with Gasteiger partial charge in [0.15, 0.2) is 0 Å². The van der Waals surface area contributed by atoms with Crippen molar-refractivity contribution in [3.63, 3.8) is 0 Å². The maximum atomic E-state index is 12.7. The quantitative estimate of drug-likeness (QED) is 0.695. The number of ether oxygens (including phenoxy) is 1. The Balaban J connectivity index is 2.07. The molecular formula is C17H26N2O4S2. The van der Waals surface area contributed by atoms with E-state index in [9.17, 15) is 13.2 Å². The van der Waals surface area contributed by atoms with Crippen molar-refractivity contribution in [2.45, 2.75) is 31.6 Å². The van der Waals surface area contributed by atoms with Crippen molar-refractivity contribution in [3.8, 4) is 0 Å². The zero-order valence-corrected chi connectivity index (χ0v) is 16.4. The summed E-state index contributed by atoms with van der Waals surface area (Å²) < 4.78 is 32.1. The Labute approximate surface area is 154 Å². The van der Waals surface area contributed by atoms with Crippen LogP contribution in [0, 0.1) is 6.92 Å². The summed E-state index contributed by atoms with van der Waals surface area (Å²) in [5, 5.41) is 2.84. The van der Waals surface area contributed by atoms with Crippen LogP contribution < -0.4 is 5.32 Å². The molecule has 8 heteroatoms. The van der Waals surface area contributed by atoms with E-state index in [0.29, 0.717) is 37.7 Å². The van der Waals surface area contributed by atoms with E-state index in [-0.39, 0.29) is 10.8 Å². The third kappa shape index (κ3) is 5.70. The van der Waals surface area contributed by atoms with Crippen LogP contribution in [0.5, 0.6) is 0 Å². The second-order valence-electron chi connectivity index (χ2n) is 5.95. The highest BCUT2D eigenvalue weighted by Crippen LogP contribution is 2.24. The molecule has 1 fully saturated rings. The summed E-state index contributed by atoms with van der Waals surface area (Å²) in [6.07, 6.45) is 2.19. The number of nitrogens with zero attached hydrogens (tertiary/aromatic N) is 1. The zero-order valence-electron chi connectivity index (χ0n) is 14.8. The summed E-state index contributed by atoms with van der Waals surface area (Å²) in [5.41, 5.74) is 1.39. The Morgan fingerprint density at radius 1 is 1.32 bits per heavy atom. The summed E-state index contributed by atoms with van der Waals surface area (Å²) in [5.74, 6) is 1.22. The lowest BCUT2D eigenvalue weighted by Crippen LogP contribution is -2.40. The average Bonchev–Trinajstić information content (AvgIpc) is 2.61. The van der Waals surface area contributed by atoms with Gasteiger partial charge in [-0.3, -0.25) is 4.79 Å². The molecule has 0 bridgehead atoms. The molecule has 0 saturated carbocycles. The molecule has 0 aliphatic carbocycles. The van der Waals surface area contributed by atoms with Crippen molar-refractivity contribution in [2.24, 2.45) is 0 Å². The SMILES string of the molecule is CCCCSCC(=O)Nc1cc(S(=O)(=O)N2CCOCC2)ccc1C. The number of amides is 1. The first-order chi connectivity index (χ1) is 11.9. The number of nitrogens with one attached hydrogen (secondary N) is 1. The van der Waals surface area contributed by atoms with E-state index in [4.69, 9.17) is 4.74 Å². The number of aryl methyl sites for hydroxylation is 1. The Kier molecular flexibility index (Phi) is 7.74. The Bertz CT molecular complexity index is 686. The van der Waals surface area contributed by atoms with Gasteiger partial charge in [0, 0.05) is 18.8 Å². The third-order valence-corrected chi connectivity index (χ3v) is 6.90. The van der Waals surface area contributed by atoms with Crippen molar-refractivity contribution in [2.75, 3.05) is 43.1 Å². The summed E-state index contributed by atoms with van der Waals surface area (Å²) in [7, 11) is -3.56. The van der Waals surface area contributed by atoms with Crippen LogP contribution in [0.4, 0.5) is 5.69 Å². The van der Waals surface area contributed by atoms with Crippen LogP contribution in [-0.2, 0) is 19.6 Å².